The lowest BCUT2D eigenvalue weighted by atomic mass is 9.84. The molecule has 2 heterocycles. The Morgan fingerprint density at radius 1 is 1.17 bits per heavy atom. The number of carbonyl (C=O) groups is 3. The number of nitrogens with zero attached hydrogens (tertiary/aromatic N) is 2. The molecule has 0 radical (unpaired) electrons. The third-order valence-electron chi connectivity index (χ3n) is 8.96. The Bertz CT molecular complexity index is 1130. The molecule has 226 valence electrons. The van der Waals surface area contributed by atoms with Gasteiger partial charge in [-0.05, 0) is 70.6 Å². The summed E-state index contributed by atoms with van der Waals surface area (Å²) >= 11 is 0. The molecule has 1 aromatic rings. The molecule has 1 saturated heterocycles. The number of rotatable bonds is 10. The Hall–Kier alpha value is -2.69. The van der Waals surface area contributed by atoms with Gasteiger partial charge in [-0.15, -0.1) is 0 Å². The first-order valence-electron chi connectivity index (χ1n) is 15.3. The topological polar surface area (TPSA) is 120 Å². The highest BCUT2D eigenvalue weighted by Crippen LogP contribution is 2.43. The zero-order chi connectivity index (χ0) is 29.2. The van der Waals surface area contributed by atoms with Crippen molar-refractivity contribution in [2.45, 2.75) is 88.9 Å². The van der Waals surface area contributed by atoms with Crippen LogP contribution in [0.1, 0.15) is 71.6 Å². The fourth-order valence-corrected chi connectivity index (χ4v) is 6.45. The fraction of sp³-hybridized carbons (Fsp3) is 0.710. The van der Waals surface area contributed by atoms with Gasteiger partial charge in [0.25, 0.3) is 5.91 Å². The summed E-state index contributed by atoms with van der Waals surface area (Å²) in [7, 11) is 1.64. The summed E-state index contributed by atoms with van der Waals surface area (Å²) in [6.07, 6.45) is 7.51. The molecule has 2 aliphatic heterocycles. The van der Waals surface area contributed by atoms with Crippen LogP contribution >= 0.6 is 0 Å². The van der Waals surface area contributed by atoms with Gasteiger partial charge >= 0.3 is 0 Å². The molecule has 41 heavy (non-hydrogen) atoms. The molecule has 10 heteroatoms. The molecule has 4 aliphatic rings. The number of methoxy groups -OCH3 is 1. The summed E-state index contributed by atoms with van der Waals surface area (Å²) in [6.45, 7) is 5.87. The second kappa shape index (κ2) is 12.3. The predicted molar refractivity (Wildman–Crippen MR) is 156 cm³/mol. The SMILES string of the molecule is COCCCN1C(=O)C(C)(C)Oc2ccc(N(C(=O)[C@H]3CNC[C@@H](C(=O)NCC4(O)CCCCC4)C3)C3CC3)cc21. The number of hydrogen-bond acceptors (Lipinski definition) is 7. The molecule has 0 spiro atoms. The molecule has 0 aromatic heterocycles. The minimum absolute atomic E-state index is 0.00215. The van der Waals surface area contributed by atoms with Crippen molar-refractivity contribution in [3.05, 3.63) is 18.2 Å². The Morgan fingerprint density at radius 3 is 2.61 bits per heavy atom. The van der Waals surface area contributed by atoms with E-state index in [1.54, 1.807) is 25.9 Å². The molecule has 3 N–H and O–H groups in total. The largest absolute Gasteiger partial charge is 0.476 e. The lowest BCUT2D eigenvalue weighted by Crippen LogP contribution is -2.53. The van der Waals surface area contributed by atoms with Gasteiger partial charge in [-0.25, -0.2) is 0 Å². The zero-order valence-electron chi connectivity index (χ0n) is 24.7. The maximum atomic E-state index is 14.0. The van der Waals surface area contributed by atoms with Gasteiger partial charge in [-0.3, -0.25) is 14.4 Å². The van der Waals surface area contributed by atoms with Crippen molar-refractivity contribution in [2.24, 2.45) is 11.8 Å². The zero-order valence-corrected chi connectivity index (χ0v) is 24.7. The first-order valence-corrected chi connectivity index (χ1v) is 15.3. The highest BCUT2D eigenvalue weighted by Gasteiger charge is 2.43. The van der Waals surface area contributed by atoms with Gasteiger partial charge in [0.15, 0.2) is 5.60 Å². The average molecular weight is 571 g/mol. The van der Waals surface area contributed by atoms with Crippen LogP contribution in [0.4, 0.5) is 11.4 Å². The molecule has 0 unspecified atom stereocenters. The number of benzene rings is 1. The third-order valence-corrected chi connectivity index (χ3v) is 8.96. The summed E-state index contributed by atoms with van der Waals surface area (Å²) < 4.78 is 11.3. The summed E-state index contributed by atoms with van der Waals surface area (Å²) in [5.41, 5.74) is -0.391. The molecular weight excluding hydrogens is 524 g/mol. The summed E-state index contributed by atoms with van der Waals surface area (Å²) in [4.78, 5) is 44.0. The molecule has 1 aromatic carbocycles. The van der Waals surface area contributed by atoms with Gasteiger partial charge in [-0.1, -0.05) is 19.3 Å². The van der Waals surface area contributed by atoms with E-state index in [9.17, 15) is 19.5 Å². The number of ether oxygens (including phenoxy) is 2. The number of piperidine rings is 1. The molecule has 2 aliphatic carbocycles. The van der Waals surface area contributed by atoms with Crippen LogP contribution in [0.5, 0.6) is 5.75 Å². The van der Waals surface area contributed by atoms with E-state index in [1.165, 1.54) is 0 Å². The molecule has 10 nitrogen and oxygen atoms in total. The number of nitrogens with one attached hydrogen (secondary N) is 2. The smallest absolute Gasteiger partial charge is 0.270 e. The van der Waals surface area contributed by atoms with Crippen molar-refractivity contribution in [2.75, 3.05) is 49.7 Å². The van der Waals surface area contributed by atoms with E-state index in [2.05, 4.69) is 10.6 Å². The van der Waals surface area contributed by atoms with Crippen molar-refractivity contribution in [3.63, 3.8) is 0 Å². The molecular formula is C31H46N4O6. The van der Waals surface area contributed by atoms with Gasteiger partial charge in [0.2, 0.25) is 11.8 Å². The first kappa shape index (κ1) is 29.8. The molecule has 3 fully saturated rings. The molecule has 5 rings (SSSR count). The Balaban J connectivity index is 1.30. The number of aliphatic hydroxyl groups is 1. The highest BCUT2D eigenvalue weighted by atomic mass is 16.5. The second-order valence-corrected chi connectivity index (χ2v) is 12.8. The van der Waals surface area contributed by atoms with Crippen molar-refractivity contribution in [3.8, 4) is 5.75 Å². The van der Waals surface area contributed by atoms with Crippen molar-refractivity contribution in [1.82, 2.24) is 10.6 Å². The number of anilines is 2. The maximum absolute atomic E-state index is 14.0. The van der Waals surface area contributed by atoms with E-state index in [0.717, 1.165) is 37.8 Å². The van der Waals surface area contributed by atoms with Crippen LogP contribution in [0.2, 0.25) is 0 Å². The molecule has 0 bridgehead atoms. The van der Waals surface area contributed by atoms with E-state index in [0.29, 0.717) is 63.4 Å². The summed E-state index contributed by atoms with van der Waals surface area (Å²) in [5.74, 6) is -0.286. The number of fused-ring (bicyclic) bond motifs is 1. The average Bonchev–Trinajstić information content (AvgIpc) is 3.80. The molecule has 3 amide bonds. The van der Waals surface area contributed by atoms with E-state index >= 15 is 0 Å². The maximum Gasteiger partial charge on any atom is 0.270 e. The first-order chi connectivity index (χ1) is 19.6. The monoisotopic (exact) mass is 570 g/mol. The third kappa shape index (κ3) is 6.70. The highest BCUT2D eigenvalue weighted by molar-refractivity contribution is 6.04. The lowest BCUT2D eigenvalue weighted by Gasteiger charge is -2.40. The van der Waals surface area contributed by atoms with Crippen LogP contribution in [0.3, 0.4) is 0 Å². The normalized spacial score (nSPS) is 25.2. The number of amides is 3. The van der Waals surface area contributed by atoms with Crippen LogP contribution in [0, 0.1) is 11.8 Å². The second-order valence-electron chi connectivity index (χ2n) is 12.8. The number of hydrogen-bond donors (Lipinski definition) is 3. The van der Waals surface area contributed by atoms with Gasteiger partial charge in [0.1, 0.15) is 5.75 Å². The Morgan fingerprint density at radius 2 is 1.90 bits per heavy atom. The van der Waals surface area contributed by atoms with Gasteiger partial charge in [0, 0.05) is 51.6 Å². The van der Waals surface area contributed by atoms with Crippen LogP contribution in [0.25, 0.3) is 0 Å². The Labute approximate surface area is 243 Å². The molecule has 2 saturated carbocycles. The fourth-order valence-electron chi connectivity index (χ4n) is 6.45. The van der Waals surface area contributed by atoms with E-state index in [4.69, 9.17) is 9.47 Å². The summed E-state index contributed by atoms with van der Waals surface area (Å²) in [6, 6.07) is 5.76. The van der Waals surface area contributed by atoms with E-state index < -0.39 is 11.2 Å². The van der Waals surface area contributed by atoms with E-state index in [-0.39, 0.29) is 42.1 Å². The summed E-state index contributed by atoms with van der Waals surface area (Å²) in [5, 5.41) is 17.1. The minimum atomic E-state index is -0.983. The molecule has 2 atom stereocenters. The standard InChI is InChI=1S/C31H46N4O6/c1-30(2)29(38)34(14-7-15-40-3)25-17-24(10-11-26(25)41-30)35(23-8-9-23)28(37)22-16-21(18-32-19-22)27(36)33-20-31(39)12-5-4-6-13-31/h10-11,17,21-23,32,39H,4-9,12-16,18-20H2,1-3H3,(H,33,36)/t21-,22+/m0/s1. The van der Waals surface area contributed by atoms with Crippen LogP contribution in [-0.2, 0) is 19.1 Å². The van der Waals surface area contributed by atoms with Crippen molar-refractivity contribution in [1.29, 1.82) is 0 Å². The van der Waals surface area contributed by atoms with Gasteiger partial charge < -0.3 is 35.0 Å². The van der Waals surface area contributed by atoms with Crippen LogP contribution in [0.15, 0.2) is 18.2 Å². The quantitative estimate of drug-likeness (QED) is 0.370. The van der Waals surface area contributed by atoms with Crippen LogP contribution in [-0.4, -0.2) is 80.0 Å². The van der Waals surface area contributed by atoms with Crippen molar-refractivity contribution >= 4 is 29.1 Å². The lowest BCUT2D eigenvalue weighted by molar-refractivity contribution is -0.132. The van der Waals surface area contributed by atoms with Crippen LogP contribution < -0.4 is 25.2 Å². The number of carbonyl (C=O) groups excluding carboxylic acids is 3. The van der Waals surface area contributed by atoms with Gasteiger partial charge in [-0.2, -0.15) is 0 Å². The predicted octanol–water partition coefficient (Wildman–Crippen LogP) is 2.76. The van der Waals surface area contributed by atoms with Gasteiger partial charge in [0.05, 0.1) is 23.1 Å². The van der Waals surface area contributed by atoms with E-state index in [1.807, 2.05) is 23.1 Å². The Kier molecular flexibility index (Phi) is 8.92. The van der Waals surface area contributed by atoms with Crippen molar-refractivity contribution < 1.29 is 29.0 Å². The minimum Gasteiger partial charge on any atom is -0.476 e.